The Morgan fingerprint density at radius 2 is 1.76 bits per heavy atom. The second-order valence-electron chi connectivity index (χ2n) is 5.32. The van der Waals surface area contributed by atoms with Gasteiger partial charge in [0.25, 0.3) is 15.9 Å². The van der Waals surface area contributed by atoms with Gasteiger partial charge in [0.05, 0.1) is 4.90 Å². The van der Waals surface area contributed by atoms with Gasteiger partial charge in [-0.2, -0.15) is 0 Å². The summed E-state index contributed by atoms with van der Waals surface area (Å²) in [5.41, 5.74) is 1.43. The Bertz CT molecular complexity index is 894. The van der Waals surface area contributed by atoms with Gasteiger partial charge < -0.3 is 10.6 Å². The summed E-state index contributed by atoms with van der Waals surface area (Å²) >= 11 is 0. The zero-order valence-electron chi connectivity index (χ0n) is 13.9. The lowest BCUT2D eigenvalue weighted by atomic mass is 10.2. The van der Waals surface area contributed by atoms with Crippen LogP contribution in [0.1, 0.15) is 22.8 Å². The molecule has 2 aromatic rings. The van der Waals surface area contributed by atoms with Crippen molar-refractivity contribution < 1.29 is 18.0 Å². The second-order valence-corrected chi connectivity index (χ2v) is 7.00. The number of aryl methyl sites for hydroxylation is 1. The van der Waals surface area contributed by atoms with Gasteiger partial charge in [-0.15, -0.1) is 0 Å². The van der Waals surface area contributed by atoms with E-state index in [0.29, 0.717) is 17.8 Å². The second kappa shape index (κ2) is 7.80. The molecule has 8 heteroatoms. The SMILES string of the molecule is CCNC(=O)c1cccc(NC(=O)NS(=O)(=O)c2cccc(C)c2)c1. The number of carbonyl (C=O) groups excluding carboxylic acids is 2. The summed E-state index contributed by atoms with van der Waals surface area (Å²) in [5, 5.41) is 5.05. The molecule has 0 fully saturated rings. The van der Waals surface area contributed by atoms with E-state index in [4.69, 9.17) is 0 Å². The molecule has 0 spiro atoms. The van der Waals surface area contributed by atoms with E-state index in [1.807, 2.05) is 4.72 Å². The highest BCUT2D eigenvalue weighted by Gasteiger charge is 2.18. The summed E-state index contributed by atoms with van der Waals surface area (Å²) < 4.78 is 26.4. The lowest BCUT2D eigenvalue weighted by Gasteiger charge is -2.10. The van der Waals surface area contributed by atoms with Gasteiger partial charge in [-0.3, -0.25) is 4.79 Å². The molecule has 2 aromatic carbocycles. The summed E-state index contributed by atoms with van der Waals surface area (Å²) in [5.74, 6) is -0.279. The lowest BCUT2D eigenvalue weighted by Crippen LogP contribution is -2.34. The van der Waals surface area contributed by atoms with E-state index >= 15 is 0 Å². The van der Waals surface area contributed by atoms with Crippen molar-refractivity contribution in [1.29, 1.82) is 0 Å². The average molecular weight is 361 g/mol. The summed E-state index contributed by atoms with van der Waals surface area (Å²) in [4.78, 5) is 23.8. The first-order chi connectivity index (χ1) is 11.8. The van der Waals surface area contributed by atoms with Gasteiger partial charge in [0.1, 0.15) is 0 Å². The van der Waals surface area contributed by atoms with Crippen molar-refractivity contribution in [2.75, 3.05) is 11.9 Å². The number of carbonyl (C=O) groups is 2. The minimum Gasteiger partial charge on any atom is -0.352 e. The van der Waals surface area contributed by atoms with Crippen molar-refractivity contribution in [2.24, 2.45) is 0 Å². The Balaban J connectivity index is 2.10. The van der Waals surface area contributed by atoms with E-state index in [-0.39, 0.29) is 10.8 Å². The first-order valence-electron chi connectivity index (χ1n) is 7.60. The molecule has 3 N–H and O–H groups in total. The highest BCUT2D eigenvalue weighted by molar-refractivity contribution is 7.90. The van der Waals surface area contributed by atoms with Crippen LogP contribution in [0.25, 0.3) is 0 Å². The zero-order chi connectivity index (χ0) is 18.4. The van der Waals surface area contributed by atoms with E-state index in [2.05, 4.69) is 10.6 Å². The van der Waals surface area contributed by atoms with E-state index in [1.54, 1.807) is 44.2 Å². The van der Waals surface area contributed by atoms with Gasteiger partial charge in [-0.25, -0.2) is 17.9 Å². The molecule has 2 rings (SSSR count). The quantitative estimate of drug-likeness (QED) is 0.760. The van der Waals surface area contributed by atoms with Crippen LogP contribution < -0.4 is 15.4 Å². The molecule has 7 nitrogen and oxygen atoms in total. The van der Waals surface area contributed by atoms with Crippen molar-refractivity contribution in [3.8, 4) is 0 Å². The third-order valence-electron chi connectivity index (χ3n) is 3.25. The van der Waals surface area contributed by atoms with Gasteiger partial charge in [0, 0.05) is 17.8 Å². The first kappa shape index (κ1) is 18.5. The first-order valence-corrected chi connectivity index (χ1v) is 9.09. The highest BCUT2D eigenvalue weighted by Crippen LogP contribution is 2.13. The molecular formula is C17H19N3O4S. The largest absolute Gasteiger partial charge is 0.352 e. The predicted molar refractivity (Wildman–Crippen MR) is 95.0 cm³/mol. The van der Waals surface area contributed by atoms with Gasteiger partial charge in [-0.05, 0) is 49.7 Å². The van der Waals surface area contributed by atoms with E-state index < -0.39 is 16.1 Å². The van der Waals surface area contributed by atoms with Crippen LogP contribution in [-0.4, -0.2) is 26.9 Å². The third kappa shape index (κ3) is 5.05. The molecule has 0 aliphatic carbocycles. The van der Waals surface area contributed by atoms with Crippen molar-refractivity contribution >= 4 is 27.6 Å². The molecule has 0 aliphatic rings. The molecule has 3 amide bonds. The number of sulfonamides is 1. The van der Waals surface area contributed by atoms with Crippen LogP contribution in [-0.2, 0) is 10.0 Å². The van der Waals surface area contributed by atoms with Gasteiger partial charge in [0.2, 0.25) is 0 Å². The molecule has 0 saturated heterocycles. The molecule has 0 heterocycles. The van der Waals surface area contributed by atoms with Crippen molar-refractivity contribution in [1.82, 2.24) is 10.0 Å². The Kier molecular flexibility index (Phi) is 5.76. The molecule has 0 aromatic heterocycles. The number of anilines is 1. The standard InChI is InChI=1S/C17H19N3O4S/c1-3-18-16(21)13-7-5-8-14(11-13)19-17(22)20-25(23,24)15-9-4-6-12(2)10-15/h4-11H,3H2,1-2H3,(H,18,21)(H2,19,20,22). The summed E-state index contributed by atoms with van der Waals surface area (Å²) in [6.07, 6.45) is 0. The Morgan fingerprint density at radius 1 is 1.04 bits per heavy atom. The molecule has 0 saturated carbocycles. The molecule has 0 bridgehead atoms. The molecule has 0 atom stereocenters. The average Bonchev–Trinajstić information content (AvgIpc) is 2.54. The number of rotatable bonds is 5. The monoisotopic (exact) mass is 361 g/mol. The van der Waals surface area contributed by atoms with Crippen LogP contribution in [0.3, 0.4) is 0 Å². The number of amides is 3. The summed E-state index contributed by atoms with van der Waals surface area (Å²) in [6.45, 7) is 4.03. The number of nitrogens with one attached hydrogen (secondary N) is 3. The number of hydrogen-bond donors (Lipinski definition) is 3. The van der Waals surface area contributed by atoms with Crippen LogP contribution in [0, 0.1) is 6.92 Å². The van der Waals surface area contributed by atoms with Crippen LogP contribution in [0.2, 0.25) is 0 Å². The van der Waals surface area contributed by atoms with Crippen LogP contribution in [0.15, 0.2) is 53.4 Å². The number of urea groups is 1. The van der Waals surface area contributed by atoms with Crippen LogP contribution in [0.4, 0.5) is 10.5 Å². The zero-order valence-corrected chi connectivity index (χ0v) is 14.7. The number of benzene rings is 2. The fourth-order valence-corrected chi connectivity index (χ4v) is 3.13. The van der Waals surface area contributed by atoms with Gasteiger partial charge >= 0.3 is 6.03 Å². The van der Waals surface area contributed by atoms with Crippen LogP contribution in [0.5, 0.6) is 0 Å². The minimum absolute atomic E-state index is 0.00118. The Labute approximate surface area is 146 Å². The van der Waals surface area contributed by atoms with Crippen molar-refractivity contribution in [2.45, 2.75) is 18.7 Å². The maximum Gasteiger partial charge on any atom is 0.333 e. The Morgan fingerprint density at radius 3 is 2.44 bits per heavy atom. The number of hydrogen-bond acceptors (Lipinski definition) is 4. The molecule has 0 aliphatic heterocycles. The molecular weight excluding hydrogens is 342 g/mol. The Hall–Kier alpha value is -2.87. The summed E-state index contributed by atoms with van der Waals surface area (Å²) in [7, 11) is -3.98. The minimum atomic E-state index is -3.98. The fraction of sp³-hybridized carbons (Fsp3) is 0.176. The van der Waals surface area contributed by atoms with Crippen molar-refractivity contribution in [3.05, 3.63) is 59.7 Å². The molecule has 25 heavy (non-hydrogen) atoms. The fourth-order valence-electron chi connectivity index (χ4n) is 2.12. The topological polar surface area (TPSA) is 104 Å². The van der Waals surface area contributed by atoms with E-state index in [1.165, 1.54) is 18.2 Å². The molecule has 0 unspecified atom stereocenters. The summed E-state index contributed by atoms with van der Waals surface area (Å²) in [6, 6.07) is 11.5. The third-order valence-corrected chi connectivity index (χ3v) is 4.58. The van der Waals surface area contributed by atoms with E-state index in [0.717, 1.165) is 5.56 Å². The van der Waals surface area contributed by atoms with Crippen molar-refractivity contribution in [3.63, 3.8) is 0 Å². The van der Waals surface area contributed by atoms with Gasteiger partial charge in [0.15, 0.2) is 0 Å². The van der Waals surface area contributed by atoms with E-state index in [9.17, 15) is 18.0 Å². The smallest absolute Gasteiger partial charge is 0.333 e. The lowest BCUT2D eigenvalue weighted by molar-refractivity contribution is 0.0956. The highest BCUT2D eigenvalue weighted by atomic mass is 32.2. The molecule has 0 radical (unpaired) electrons. The normalized spacial score (nSPS) is 10.8. The van der Waals surface area contributed by atoms with Gasteiger partial charge in [-0.1, -0.05) is 18.2 Å². The predicted octanol–water partition coefficient (Wildman–Crippen LogP) is 2.26. The maximum atomic E-state index is 12.2. The molecule has 132 valence electrons. The maximum absolute atomic E-state index is 12.2. The van der Waals surface area contributed by atoms with Crippen LogP contribution >= 0.6 is 0 Å².